The lowest BCUT2D eigenvalue weighted by atomic mass is 10.2. The third-order valence-electron chi connectivity index (χ3n) is 3.61. The van der Waals surface area contributed by atoms with Crippen molar-refractivity contribution in [2.75, 3.05) is 26.7 Å². The van der Waals surface area contributed by atoms with Crippen LogP contribution in [0.2, 0.25) is 0 Å². The molecule has 1 saturated carbocycles. The SMILES string of the molecule is CN(CC(=O)N1CCC1)C(=O)NC1CCCC1. The van der Waals surface area contributed by atoms with Gasteiger partial charge in [0.25, 0.3) is 0 Å². The monoisotopic (exact) mass is 239 g/mol. The molecule has 1 aliphatic heterocycles. The van der Waals surface area contributed by atoms with Crippen LogP contribution in [-0.4, -0.2) is 54.5 Å². The zero-order valence-electron chi connectivity index (χ0n) is 10.4. The fourth-order valence-corrected chi connectivity index (χ4v) is 2.30. The molecular formula is C12H21N3O2. The van der Waals surface area contributed by atoms with Crippen molar-refractivity contribution >= 4 is 11.9 Å². The standard InChI is InChI=1S/C12H21N3O2/c1-14(9-11(16)15-7-4-8-15)12(17)13-10-5-2-3-6-10/h10H,2-9H2,1H3,(H,13,17). The van der Waals surface area contributed by atoms with Crippen LogP contribution in [0.4, 0.5) is 4.79 Å². The lowest BCUT2D eigenvalue weighted by Crippen LogP contribution is -2.50. The molecule has 2 aliphatic rings. The normalized spacial score (nSPS) is 19.9. The van der Waals surface area contributed by atoms with Gasteiger partial charge in [0, 0.05) is 26.2 Å². The number of likely N-dealkylation sites (N-methyl/N-ethyl adjacent to an activating group) is 1. The number of urea groups is 1. The summed E-state index contributed by atoms with van der Waals surface area (Å²) in [6.07, 6.45) is 5.62. The van der Waals surface area contributed by atoms with E-state index in [1.165, 1.54) is 17.7 Å². The van der Waals surface area contributed by atoms with E-state index in [1.54, 1.807) is 11.9 Å². The van der Waals surface area contributed by atoms with Gasteiger partial charge in [0.2, 0.25) is 5.91 Å². The van der Waals surface area contributed by atoms with Crippen molar-refractivity contribution in [2.24, 2.45) is 0 Å². The molecule has 0 unspecified atom stereocenters. The van der Waals surface area contributed by atoms with E-state index in [0.717, 1.165) is 32.4 Å². The van der Waals surface area contributed by atoms with Crippen molar-refractivity contribution in [1.29, 1.82) is 0 Å². The fraction of sp³-hybridized carbons (Fsp3) is 0.833. The highest BCUT2D eigenvalue weighted by atomic mass is 16.2. The van der Waals surface area contributed by atoms with E-state index in [4.69, 9.17) is 0 Å². The van der Waals surface area contributed by atoms with Crippen LogP contribution in [0.25, 0.3) is 0 Å². The molecule has 0 radical (unpaired) electrons. The number of nitrogens with one attached hydrogen (secondary N) is 1. The first kappa shape index (κ1) is 12.2. The summed E-state index contributed by atoms with van der Waals surface area (Å²) in [5, 5.41) is 2.98. The van der Waals surface area contributed by atoms with E-state index in [-0.39, 0.29) is 18.5 Å². The summed E-state index contributed by atoms with van der Waals surface area (Å²) in [5.41, 5.74) is 0. The summed E-state index contributed by atoms with van der Waals surface area (Å²) in [7, 11) is 1.68. The molecule has 1 N–H and O–H groups in total. The van der Waals surface area contributed by atoms with Crippen LogP contribution < -0.4 is 5.32 Å². The van der Waals surface area contributed by atoms with E-state index >= 15 is 0 Å². The highest BCUT2D eigenvalue weighted by Gasteiger charge is 2.24. The molecule has 5 heteroatoms. The Bertz CT molecular complexity index is 296. The van der Waals surface area contributed by atoms with Crippen LogP contribution in [0, 0.1) is 0 Å². The van der Waals surface area contributed by atoms with E-state index in [9.17, 15) is 9.59 Å². The zero-order valence-corrected chi connectivity index (χ0v) is 10.4. The molecule has 0 aromatic rings. The Morgan fingerprint density at radius 3 is 2.41 bits per heavy atom. The molecule has 96 valence electrons. The minimum atomic E-state index is -0.120. The second-order valence-corrected chi connectivity index (χ2v) is 5.02. The maximum Gasteiger partial charge on any atom is 0.317 e. The Morgan fingerprint density at radius 1 is 1.24 bits per heavy atom. The van der Waals surface area contributed by atoms with Crippen molar-refractivity contribution in [1.82, 2.24) is 15.1 Å². The van der Waals surface area contributed by atoms with Crippen LogP contribution in [0.3, 0.4) is 0 Å². The Kier molecular flexibility index (Phi) is 3.86. The maximum atomic E-state index is 11.8. The summed E-state index contributed by atoms with van der Waals surface area (Å²) in [6, 6.07) is 0.190. The topological polar surface area (TPSA) is 52.7 Å². The molecule has 0 aromatic heterocycles. The number of amides is 3. The molecule has 17 heavy (non-hydrogen) atoms. The summed E-state index contributed by atoms with van der Waals surface area (Å²) in [4.78, 5) is 26.8. The molecule has 2 fully saturated rings. The van der Waals surface area contributed by atoms with Gasteiger partial charge in [-0.05, 0) is 19.3 Å². The van der Waals surface area contributed by atoms with Crippen molar-refractivity contribution in [3.63, 3.8) is 0 Å². The van der Waals surface area contributed by atoms with Crippen molar-refractivity contribution < 1.29 is 9.59 Å². The average molecular weight is 239 g/mol. The molecule has 0 spiro atoms. The molecule has 1 saturated heterocycles. The number of carbonyl (C=O) groups excluding carboxylic acids is 2. The summed E-state index contributed by atoms with van der Waals surface area (Å²) < 4.78 is 0. The zero-order chi connectivity index (χ0) is 12.3. The first-order valence-electron chi connectivity index (χ1n) is 6.46. The van der Waals surface area contributed by atoms with Crippen LogP contribution in [-0.2, 0) is 4.79 Å². The van der Waals surface area contributed by atoms with Gasteiger partial charge in [-0.15, -0.1) is 0 Å². The minimum Gasteiger partial charge on any atom is -0.341 e. The largest absolute Gasteiger partial charge is 0.341 e. The summed E-state index contributed by atoms with van der Waals surface area (Å²) in [5.74, 6) is 0.0559. The van der Waals surface area contributed by atoms with Gasteiger partial charge in [-0.3, -0.25) is 4.79 Å². The Morgan fingerprint density at radius 2 is 1.88 bits per heavy atom. The molecule has 5 nitrogen and oxygen atoms in total. The number of nitrogens with zero attached hydrogens (tertiary/aromatic N) is 2. The molecular weight excluding hydrogens is 218 g/mol. The van der Waals surface area contributed by atoms with Crippen LogP contribution in [0.15, 0.2) is 0 Å². The number of hydrogen-bond acceptors (Lipinski definition) is 2. The molecule has 0 atom stereocenters. The first-order chi connectivity index (χ1) is 8.16. The molecule has 0 aromatic carbocycles. The highest BCUT2D eigenvalue weighted by molar-refractivity contribution is 5.84. The van der Waals surface area contributed by atoms with Gasteiger partial charge < -0.3 is 15.1 Å². The number of likely N-dealkylation sites (tertiary alicyclic amines) is 1. The van der Waals surface area contributed by atoms with Gasteiger partial charge in [-0.1, -0.05) is 12.8 Å². The van der Waals surface area contributed by atoms with Gasteiger partial charge in [0.15, 0.2) is 0 Å². The molecule has 0 bridgehead atoms. The smallest absolute Gasteiger partial charge is 0.317 e. The van der Waals surface area contributed by atoms with E-state index in [0.29, 0.717) is 6.04 Å². The quantitative estimate of drug-likeness (QED) is 0.792. The highest BCUT2D eigenvalue weighted by Crippen LogP contribution is 2.17. The van der Waals surface area contributed by atoms with Gasteiger partial charge >= 0.3 is 6.03 Å². The van der Waals surface area contributed by atoms with Crippen LogP contribution in [0.1, 0.15) is 32.1 Å². The molecule has 2 rings (SSSR count). The minimum absolute atomic E-state index is 0.0559. The average Bonchev–Trinajstić information content (AvgIpc) is 2.67. The number of rotatable bonds is 3. The number of hydrogen-bond donors (Lipinski definition) is 1. The lowest BCUT2D eigenvalue weighted by molar-refractivity contribution is -0.134. The third-order valence-corrected chi connectivity index (χ3v) is 3.61. The van der Waals surface area contributed by atoms with Gasteiger partial charge in [-0.2, -0.15) is 0 Å². The predicted molar refractivity (Wildman–Crippen MR) is 64.6 cm³/mol. The van der Waals surface area contributed by atoms with Crippen LogP contribution >= 0.6 is 0 Å². The van der Waals surface area contributed by atoms with Crippen molar-refractivity contribution in [3.8, 4) is 0 Å². The van der Waals surface area contributed by atoms with E-state index < -0.39 is 0 Å². The maximum absolute atomic E-state index is 11.8. The van der Waals surface area contributed by atoms with Crippen LogP contribution in [0.5, 0.6) is 0 Å². The van der Waals surface area contributed by atoms with E-state index in [1.807, 2.05) is 0 Å². The predicted octanol–water partition coefficient (Wildman–Crippen LogP) is 0.803. The second-order valence-electron chi connectivity index (χ2n) is 5.02. The second kappa shape index (κ2) is 5.38. The third kappa shape index (κ3) is 3.11. The Hall–Kier alpha value is -1.26. The van der Waals surface area contributed by atoms with Gasteiger partial charge in [0.1, 0.15) is 6.54 Å². The van der Waals surface area contributed by atoms with Crippen molar-refractivity contribution in [3.05, 3.63) is 0 Å². The van der Waals surface area contributed by atoms with Gasteiger partial charge in [0.05, 0.1) is 0 Å². The van der Waals surface area contributed by atoms with E-state index in [2.05, 4.69) is 5.32 Å². The van der Waals surface area contributed by atoms with Gasteiger partial charge in [-0.25, -0.2) is 4.79 Å². The fourth-order valence-electron chi connectivity index (χ4n) is 2.30. The summed E-state index contributed by atoms with van der Waals surface area (Å²) >= 11 is 0. The molecule has 1 aliphatic carbocycles. The first-order valence-corrected chi connectivity index (χ1v) is 6.46. The van der Waals surface area contributed by atoms with Crippen molar-refractivity contribution in [2.45, 2.75) is 38.1 Å². The Labute approximate surface area is 102 Å². The summed E-state index contributed by atoms with van der Waals surface area (Å²) in [6.45, 7) is 1.88. The lowest BCUT2D eigenvalue weighted by Gasteiger charge is -2.32. The molecule has 1 heterocycles. The Balaban J connectivity index is 1.72. The molecule has 3 amide bonds. The number of carbonyl (C=O) groups is 2.